The third-order valence-corrected chi connectivity index (χ3v) is 5.81. The molecule has 5 rings (SSSR count). The Kier molecular flexibility index (Phi) is 4.47. The smallest absolute Gasteiger partial charge is 0.237 e. The van der Waals surface area contributed by atoms with Crippen LogP contribution in [0, 0.1) is 0 Å². The number of para-hydroxylation sites is 1. The number of amides is 2. The van der Waals surface area contributed by atoms with Crippen molar-refractivity contribution in [2.75, 3.05) is 17.2 Å². The Morgan fingerprint density at radius 2 is 1.90 bits per heavy atom. The number of carbonyl (C=O) groups excluding carboxylic acids is 2. The summed E-state index contributed by atoms with van der Waals surface area (Å²) in [5, 5.41) is 5.85. The Hall–Kier alpha value is -3.67. The number of hydrogen-bond acceptors (Lipinski definition) is 4. The van der Waals surface area contributed by atoms with Gasteiger partial charge in [0.25, 0.3) is 0 Å². The van der Waals surface area contributed by atoms with Crippen LogP contribution in [-0.2, 0) is 27.8 Å². The highest BCUT2D eigenvalue weighted by Gasteiger charge is 2.51. The number of fused-ring (bicyclic) bond motifs is 3. The van der Waals surface area contributed by atoms with E-state index in [0.717, 1.165) is 28.1 Å². The highest BCUT2D eigenvalue weighted by atomic mass is 16.5. The molecule has 2 amide bonds. The lowest BCUT2D eigenvalue weighted by atomic mass is 9.79. The third kappa shape index (κ3) is 3.20. The first-order valence-corrected chi connectivity index (χ1v) is 10.0. The maximum Gasteiger partial charge on any atom is 0.237 e. The van der Waals surface area contributed by atoms with Gasteiger partial charge in [-0.2, -0.15) is 0 Å². The van der Waals surface area contributed by atoms with Crippen LogP contribution < -0.4 is 15.4 Å². The molecule has 0 saturated heterocycles. The van der Waals surface area contributed by atoms with Crippen LogP contribution in [0.25, 0.3) is 0 Å². The number of nitrogens with one attached hydrogen (secondary N) is 2. The molecule has 3 aromatic rings. The maximum absolute atomic E-state index is 12.8. The van der Waals surface area contributed by atoms with E-state index in [2.05, 4.69) is 15.6 Å². The van der Waals surface area contributed by atoms with E-state index in [1.54, 1.807) is 6.20 Å². The first kappa shape index (κ1) is 18.4. The molecule has 0 bridgehead atoms. The molecule has 6 heteroatoms. The number of anilines is 2. The predicted octanol–water partition coefficient (Wildman–Crippen LogP) is 3.48. The van der Waals surface area contributed by atoms with E-state index in [4.69, 9.17) is 4.74 Å². The molecule has 150 valence electrons. The summed E-state index contributed by atoms with van der Waals surface area (Å²) in [6, 6.07) is 19.1. The molecular formula is C24H21N3O3. The minimum absolute atomic E-state index is 0.00366. The summed E-state index contributed by atoms with van der Waals surface area (Å²) in [4.78, 5) is 29.4. The molecule has 2 aliphatic rings. The number of pyridine rings is 1. The molecular weight excluding hydrogens is 378 g/mol. The van der Waals surface area contributed by atoms with Gasteiger partial charge >= 0.3 is 0 Å². The van der Waals surface area contributed by atoms with Gasteiger partial charge in [0.2, 0.25) is 11.8 Å². The summed E-state index contributed by atoms with van der Waals surface area (Å²) in [5.41, 5.74) is 3.31. The van der Waals surface area contributed by atoms with Gasteiger partial charge in [-0.25, -0.2) is 4.98 Å². The van der Waals surface area contributed by atoms with Crippen molar-refractivity contribution in [1.29, 1.82) is 0 Å². The van der Waals surface area contributed by atoms with Crippen molar-refractivity contribution in [3.8, 4) is 5.75 Å². The molecule has 1 aromatic heterocycles. The summed E-state index contributed by atoms with van der Waals surface area (Å²) in [5.74, 6) is 1.29. The first-order chi connectivity index (χ1) is 14.6. The Labute approximate surface area is 174 Å². The summed E-state index contributed by atoms with van der Waals surface area (Å²) in [7, 11) is 0. The van der Waals surface area contributed by atoms with E-state index in [9.17, 15) is 9.59 Å². The fourth-order valence-corrected chi connectivity index (χ4v) is 4.35. The molecule has 0 saturated carbocycles. The normalized spacial score (nSPS) is 18.6. The zero-order valence-corrected chi connectivity index (χ0v) is 16.4. The molecule has 30 heavy (non-hydrogen) atoms. The van der Waals surface area contributed by atoms with E-state index in [0.29, 0.717) is 25.3 Å². The highest BCUT2D eigenvalue weighted by molar-refractivity contribution is 6.06. The summed E-state index contributed by atoms with van der Waals surface area (Å²) < 4.78 is 5.59. The molecule has 1 aliphatic carbocycles. The van der Waals surface area contributed by atoms with Crippen LogP contribution in [-0.4, -0.2) is 23.4 Å². The average molecular weight is 399 g/mol. The average Bonchev–Trinajstić information content (AvgIpc) is 3.26. The van der Waals surface area contributed by atoms with E-state index in [1.165, 1.54) is 0 Å². The van der Waals surface area contributed by atoms with E-state index < -0.39 is 5.41 Å². The molecule has 1 aliphatic heterocycles. The Morgan fingerprint density at radius 3 is 2.77 bits per heavy atom. The van der Waals surface area contributed by atoms with Gasteiger partial charge in [0.1, 0.15) is 11.6 Å². The minimum atomic E-state index is -0.599. The van der Waals surface area contributed by atoms with Crippen LogP contribution in [0.5, 0.6) is 5.75 Å². The molecule has 2 aromatic carbocycles. The van der Waals surface area contributed by atoms with Crippen LogP contribution in [0.15, 0.2) is 66.9 Å². The quantitative estimate of drug-likeness (QED) is 0.688. The lowest BCUT2D eigenvalue weighted by Gasteiger charge is -2.20. The van der Waals surface area contributed by atoms with Gasteiger partial charge in [0.15, 0.2) is 0 Å². The van der Waals surface area contributed by atoms with Crippen LogP contribution in [0.2, 0.25) is 0 Å². The topological polar surface area (TPSA) is 80.3 Å². The van der Waals surface area contributed by atoms with E-state index in [1.807, 2.05) is 60.7 Å². The summed E-state index contributed by atoms with van der Waals surface area (Å²) >= 11 is 0. The number of nitrogens with zero attached hydrogens (tertiary/aromatic N) is 1. The van der Waals surface area contributed by atoms with Crippen molar-refractivity contribution in [3.63, 3.8) is 0 Å². The van der Waals surface area contributed by atoms with Crippen molar-refractivity contribution in [1.82, 2.24) is 4.98 Å². The number of carbonyl (C=O) groups is 2. The fraction of sp³-hybridized carbons (Fsp3) is 0.208. The molecule has 1 unspecified atom stereocenters. The lowest BCUT2D eigenvalue weighted by Crippen LogP contribution is -2.35. The Bertz CT molecular complexity index is 1130. The van der Waals surface area contributed by atoms with Gasteiger partial charge in [-0.1, -0.05) is 30.3 Å². The molecule has 0 fully saturated rings. The molecule has 2 N–H and O–H groups in total. The Morgan fingerprint density at radius 1 is 1.07 bits per heavy atom. The molecule has 1 atom stereocenters. The summed E-state index contributed by atoms with van der Waals surface area (Å²) in [6.07, 6.45) is 3.20. The SMILES string of the molecule is O=C(CCOc1ccccc1)Nc1ccc2c(c1)CC1(C2)C(=O)Nc2ncccc21. The van der Waals surface area contributed by atoms with Crippen LogP contribution in [0.1, 0.15) is 23.1 Å². The van der Waals surface area contributed by atoms with Gasteiger partial charge in [-0.3, -0.25) is 9.59 Å². The van der Waals surface area contributed by atoms with Gasteiger partial charge in [0.05, 0.1) is 18.4 Å². The third-order valence-electron chi connectivity index (χ3n) is 5.81. The second-order valence-electron chi connectivity index (χ2n) is 7.73. The predicted molar refractivity (Wildman–Crippen MR) is 114 cm³/mol. The van der Waals surface area contributed by atoms with Crippen LogP contribution in [0.3, 0.4) is 0 Å². The largest absolute Gasteiger partial charge is 0.493 e. The zero-order valence-electron chi connectivity index (χ0n) is 16.4. The number of benzene rings is 2. The minimum Gasteiger partial charge on any atom is -0.493 e. The molecule has 2 heterocycles. The number of rotatable bonds is 5. The van der Waals surface area contributed by atoms with Crippen molar-refractivity contribution in [3.05, 3.63) is 83.6 Å². The second-order valence-corrected chi connectivity index (χ2v) is 7.73. The van der Waals surface area contributed by atoms with Crippen molar-refractivity contribution in [2.24, 2.45) is 0 Å². The van der Waals surface area contributed by atoms with Gasteiger partial charge in [0, 0.05) is 17.4 Å². The number of hydrogen-bond donors (Lipinski definition) is 2. The maximum atomic E-state index is 12.8. The first-order valence-electron chi connectivity index (χ1n) is 10.0. The standard InChI is InChI=1S/C24H21N3O3/c28-21(10-12-30-19-5-2-1-3-6-19)26-18-9-8-16-14-24(15-17(16)13-18)20-7-4-11-25-22(20)27-23(24)29/h1-9,11,13H,10,12,14-15H2,(H,26,28)(H,25,27,29). The highest BCUT2D eigenvalue weighted by Crippen LogP contribution is 2.46. The van der Waals surface area contributed by atoms with Crippen LogP contribution >= 0.6 is 0 Å². The van der Waals surface area contributed by atoms with Gasteiger partial charge < -0.3 is 15.4 Å². The van der Waals surface area contributed by atoms with Crippen molar-refractivity contribution < 1.29 is 14.3 Å². The molecule has 6 nitrogen and oxygen atoms in total. The fourth-order valence-electron chi connectivity index (χ4n) is 4.35. The zero-order chi connectivity index (χ0) is 20.6. The van der Waals surface area contributed by atoms with E-state index in [-0.39, 0.29) is 18.2 Å². The molecule has 0 radical (unpaired) electrons. The second kappa shape index (κ2) is 7.30. The van der Waals surface area contributed by atoms with Crippen molar-refractivity contribution >= 4 is 23.3 Å². The molecule has 1 spiro atoms. The summed E-state index contributed by atoms with van der Waals surface area (Å²) in [6.45, 7) is 0.313. The van der Waals surface area contributed by atoms with Crippen LogP contribution in [0.4, 0.5) is 11.5 Å². The van der Waals surface area contributed by atoms with Crippen molar-refractivity contribution in [2.45, 2.75) is 24.7 Å². The van der Waals surface area contributed by atoms with Gasteiger partial charge in [-0.05, 0) is 54.3 Å². The number of ether oxygens (including phenoxy) is 1. The number of aromatic nitrogens is 1. The Balaban J connectivity index is 1.25. The monoisotopic (exact) mass is 399 g/mol. The van der Waals surface area contributed by atoms with Gasteiger partial charge in [-0.15, -0.1) is 0 Å². The van der Waals surface area contributed by atoms with E-state index >= 15 is 0 Å². The lowest BCUT2D eigenvalue weighted by molar-refractivity contribution is -0.120.